The maximum Gasteiger partial charge on any atom is 0.229 e. The Morgan fingerprint density at radius 3 is 2.88 bits per heavy atom. The fourth-order valence-corrected chi connectivity index (χ4v) is 3.04. The number of amides is 1. The number of nitrogens with zero attached hydrogens (tertiary/aromatic N) is 5. The molecule has 0 atom stereocenters. The van der Waals surface area contributed by atoms with Gasteiger partial charge in [-0.3, -0.25) is 4.79 Å². The summed E-state index contributed by atoms with van der Waals surface area (Å²) in [4.78, 5) is 16.3. The molecule has 1 aliphatic rings. The Hall–Kier alpha value is -2.15. The van der Waals surface area contributed by atoms with Gasteiger partial charge in [-0.25, -0.2) is 0 Å². The molecule has 0 aliphatic carbocycles. The smallest absolute Gasteiger partial charge is 0.229 e. The minimum Gasteiger partial charge on any atom is -0.361 e. The van der Waals surface area contributed by atoms with Gasteiger partial charge in [0.05, 0.1) is 11.4 Å². The number of carbonyl (C=O) groups excluding carboxylic acids is 1. The van der Waals surface area contributed by atoms with Crippen LogP contribution in [0.1, 0.15) is 28.9 Å². The summed E-state index contributed by atoms with van der Waals surface area (Å²) >= 11 is 5.95. The Bertz CT molecular complexity index is 739. The van der Waals surface area contributed by atoms with Crippen LogP contribution in [0.3, 0.4) is 0 Å². The molecule has 2 aromatic heterocycles. The zero-order chi connectivity index (χ0) is 17.3. The molecule has 0 saturated heterocycles. The predicted octanol–water partition coefficient (Wildman–Crippen LogP) is 2.01. The molecule has 128 valence electrons. The first kappa shape index (κ1) is 16.7. The summed E-state index contributed by atoms with van der Waals surface area (Å²) in [5.41, 5.74) is 3.58. The van der Waals surface area contributed by atoms with E-state index in [4.69, 9.17) is 16.1 Å². The number of hydrogen-bond acceptors (Lipinski definition) is 6. The molecule has 3 rings (SSSR count). The quantitative estimate of drug-likeness (QED) is 0.840. The monoisotopic (exact) mass is 349 g/mol. The summed E-state index contributed by atoms with van der Waals surface area (Å²) in [7, 11) is 3.85. The predicted molar refractivity (Wildman–Crippen MR) is 90.1 cm³/mol. The van der Waals surface area contributed by atoms with Gasteiger partial charge < -0.3 is 14.3 Å². The first-order valence-electron chi connectivity index (χ1n) is 7.87. The van der Waals surface area contributed by atoms with Gasteiger partial charge in [-0.15, -0.1) is 5.10 Å². The summed E-state index contributed by atoms with van der Waals surface area (Å²) in [5.74, 6) is 0.899. The highest BCUT2D eigenvalue weighted by Crippen LogP contribution is 2.23. The van der Waals surface area contributed by atoms with Crippen LogP contribution in [0.5, 0.6) is 0 Å². The topological polar surface area (TPSA) is 75.4 Å². The van der Waals surface area contributed by atoms with Crippen molar-refractivity contribution in [2.75, 3.05) is 25.5 Å². The number of anilines is 1. The van der Waals surface area contributed by atoms with Crippen molar-refractivity contribution < 1.29 is 9.32 Å². The van der Waals surface area contributed by atoms with E-state index < -0.39 is 0 Å². The molecule has 0 radical (unpaired) electrons. The number of rotatable bonds is 4. The summed E-state index contributed by atoms with van der Waals surface area (Å²) in [6.45, 7) is 3.06. The van der Waals surface area contributed by atoms with Crippen LogP contribution in [-0.4, -0.2) is 46.8 Å². The Kier molecular flexibility index (Phi) is 4.71. The molecular weight excluding hydrogens is 330 g/mol. The average Bonchev–Trinajstić information content (AvgIpc) is 2.89. The van der Waals surface area contributed by atoms with E-state index in [1.165, 1.54) is 0 Å². The molecule has 7 nitrogen and oxygen atoms in total. The van der Waals surface area contributed by atoms with E-state index in [-0.39, 0.29) is 11.1 Å². The minimum atomic E-state index is 0.0977. The standard InChI is InChI=1S/C16H20ClN5O2/c1-10-12(16(17)24-20-10)4-5-15(23)22-7-6-13-11(9-22)8-14(19-18-13)21(2)3/h8H,4-7,9H2,1-3H3. The maximum absolute atomic E-state index is 12.5. The molecule has 0 unspecified atom stereocenters. The van der Waals surface area contributed by atoms with Gasteiger partial charge in [0.15, 0.2) is 5.82 Å². The lowest BCUT2D eigenvalue weighted by Gasteiger charge is -2.28. The van der Waals surface area contributed by atoms with Crippen LogP contribution in [0.25, 0.3) is 0 Å². The lowest BCUT2D eigenvalue weighted by atomic mass is 10.0. The first-order valence-corrected chi connectivity index (χ1v) is 8.24. The van der Waals surface area contributed by atoms with Crippen molar-refractivity contribution in [3.63, 3.8) is 0 Å². The first-order chi connectivity index (χ1) is 11.5. The molecule has 0 N–H and O–H groups in total. The van der Waals surface area contributed by atoms with Gasteiger partial charge in [0.2, 0.25) is 11.1 Å². The van der Waals surface area contributed by atoms with Gasteiger partial charge in [0.25, 0.3) is 0 Å². The van der Waals surface area contributed by atoms with Crippen molar-refractivity contribution in [3.8, 4) is 0 Å². The van der Waals surface area contributed by atoms with Crippen molar-refractivity contribution in [3.05, 3.63) is 33.8 Å². The third kappa shape index (κ3) is 3.36. The summed E-state index contributed by atoms with van der Waals surface area (Å²) in [6.07, 6.45) is 1.65. The molecule has 1 amide bonds. The minimum absolute atomic E-state index is 0.0977. The highest BCUT2D eigenvalue weighted by Gasteiger charge is 2.23. The van der Waals surface area contributed by atoms with E-state index in [0.29, 0.717) is 25.9 Å². The Morgan fingerprint density at radius 2 is 2.21 bits per heavy atom. The second-order valence-electron chi connectivity index (χ2n) is 6.15. The highest BCUT2D eigenvalue weighted by molar-refractivity contribution is 6.29. The lowest BCUT2D eigenvalue weighted by molar-refractivity contribution is -0.132. The van der Waals surface area contributed by atoms with Gasteiger partial charge in [0, 0.05) is 45.6 Å². The van der Waals surface area contributed by atoms with E-state index in [1.54, 1.807) is 0 Å². The van der Waals surface area contributed by atoms with E-state index in [0.717, 1.165) is 34.8 Å². The van der Waals surface area contributed by atoms with Gasteiger partial charge in [-0.05, 0) is 36.6 Å². The second-order valence-corrected chi connectivity index (χ2v) is 6.50. The zero-order valence-electron chi connectivity index (χ0n) is 14.0. The summed E-state index contributed by atoms with van der Waals surface area (Å²) in [5, 5.41) is 12.6. The molecule has 3 heterocycles. The fraction of sp³-hybridized carbons (Fsp3) is 0.500. The molecule has 8 heteroatoms. The summed E-state index contributed by atoms with van der Waals surface area (Å²) in [6, 6.07) is 2.00. The zero-order valence-corrected chi connectivity index (χ0v) is 14.8. The van der Waals surface area contributed by atoms with Crippen molar-refractivity contribution in [2.45, 2.75) is 32.7 Å². The van der Waals surface area contributed by atoms with Crippen molar-refractivity contribution in [1.29, 1.82) is 0 Å². The lowest BCUT2D eigenvalue weighted by Crippen LogP contribution is -2.36. The Labute approximate surface area is 145 Å². The van der Waals surface area contributed by atoms with Crippen molar-refractivity contribution >= 4 is 23.3 Å². The van der Waals surface area contributed by atoms with Gasteiger partial charge >= 0.3 is 0 Å². The number of hydrogen-bond donors (Lipinski definition) is 0. The van der Waals surface area contributed by atoms with E-state index in [2.05, 4.69) is 15.4 Å². The number of halogens is 1. The Balaban J connectivity index is 1.66. The number of aromatic nitrogens is 3. The van der Waals surface area contributed by atoms with Crippen LogP contribution in [0.4, 0.5) is 5.82 Å². The highest BCUT2D eigenvalue weighted by atomic mass is 35.5. The van der Waals surface area contributed by atoms with Gasteiger partial charge in [0.1, 0.15) is 0 Å². The molecular formula is C16H20ClN5O2. The Morgan fingerprint density at radius 1 is 1.42 bits per heavy atom. The molecule has 0 saturated carbocycles. The van der Waals surface area contributed by atoms with Crippen LogP contribution >= 0.6 is 11.6 Å². The molecule has 2 aromatic rings. The second kappa shape index (κ2) is 6.76. The number of carbonyl (C=O) groups is 1. The van der Waals surface area contributed by atoms with Crippen molar-refractivity contribution in [2.24, 2.45) is 0 Å². The molecule has 0 bridgehead atoms. The SMILES string of the molecule is Cc1noc(Cl)c1CCC(=O)N1CCc2nnc(N(C)C)cc2C1. The van der Waals surface area contributed by atoms with Crippen LogP contribution in [0.15, 0.2) is 10.6 Å². The molecule has 0 spiro atoms. The van der Waals surface area contributed by atoms with Crippen LogP contribution < -0.4 is 4.90 Å². The van der Waals surface area contributed by atoms with Crippen LogP contribution in [0, 0.1) is 6.92 Å². The maximum atomic E-state index is 12.5. The molecule has 0 aromatic carbocycles. The molecule has 24 heavy (non-hydrogen) atoms. The average molecular weight is 350 g/mol. The van der Waals surface area contributed by atoms with Crippen molar-refractivity contribution in [1.82, 2.24) is 20.3 Å². The summed E-state index contributed by atoms with van der Waals surface area (Å²) < 4.78 is 4.93. The van der Waals surface area contributed by atoms with Crippen LogP contribution in [0.2, 0.25) is 5.22 Å². The fourth-order valence-electron chi connectivity index (χ4n) is 2.78. The van der Waals surface area contributed by atoms with E-state index in [9.17, 15) is 4.79 Å². The van der Waals surface area contributed by atoms with Crippen LogP contribution in [-0.2, 0) is 24.2 Å². The van der Waals surface area contributed by atoms with Gasteiger partial charge in [-0.1, -0.05) is 5.16 Å². The van der Waals surface area contributed by atoms with E-state index >= 15 is 0 Å². The normalized spacial score (nSPS) is 13.8. The molecule has 0 fully saturated rings. The number of fused-ring (bicyclic) bond motifs is 1. The molecule has 1 aliphatic heterocycles. The third-order valence-corrected chi connectivity index (χ3v) is 4.56. The van der Waals surface area contributed by atoms with E-state index in [1.807, 2.05) is 36.9 Å². The third-order valence-electron chi connectivity index (χ3n) is 4.26. The van der Waals surface area contributed by atoms with Gasteiger partial charge in [-0.2, -0.15) is 5.10 Å². The largest absolute Gasteiger partial charge is 0.361 e. The number of aryl methyl sites for hydroxylation is 1.